The third-order valence-electron chi connectivity index (χ3n) is 1.76. The van der Waals surface area contributed by atoms with Crippen LogP contribution in [0.4, 0.5) is 0 Å². The fourth-order valence-electron chi connectivity index (χ4n) is 1.03. The Kier molecular flexibility index (Phi) is 1.36. The van der Waals surface area contributed by atoms with Gasteiger partial charge in [0.1, 0.15) is 0 Å². The van der Waals surface area contributed by atoms with E-state index in [2.05, 4.69) is 15.3 Å². The van der Waals surface area contributed by atoms with Crippen LogP contribution in [0.5, 0.6) is 0 Å². The van der Waals surface area contributed by atoms with Gasteiger partial charge in [-0.15, -0.1) is 0 Å². The van der Waals surface area contributed by atoms with Crippen LogP contribution in [-0.4, -0.2) is 16.5 Å². The molecule has 3 nitrogen and oxygen atoms in total. The zero-order valence-corrected chi connectivity index (χ0v) is 5.62. The average Bonchev–Trinajstić information content (AvgIpc) is 1.86. The maximum absolute atomic E-state index is 4.18. The van der Waals surface area contributed by atoms with Crippen molar-refractivity contribution in [3.63, 3.8) is 0 Å². The van der Waals surface area contributed by atoms with Crippen molar-refractivity contribution in [1.82, 2.24) is 15.3 Å². The molecule has 1 N–H and O–H groups in total. The summed E-state index contributed by atoms with van der Waals surface area (Å²) >= 11 is 0. The van der Waals surface area contributed by atoms with Gasteiger partial charge in [0.15, 0.2) is 0 Å². The lowest BCUT2D eigenvalue weighted by atomic mass is 10.0. The van der Waals surface area contributed by atoms with Crippen molar-refractivity contribution < 1.29 is 0 Å². The van der Waals surface area contributed by atoms with Crippen LogP contribution in [-0.2, 0) is 0 Å². The van der Waals surface area contributed by atoms with E-state index in [1.54, 1.807) is 12.4 Å². The standard InChI is InChI=1S/C7H9N3/c1-2-9-6(1)7-5-8-3-4-10-7/h3-6,9H,1-2H2. The number of nitrogens with zero attached hydrogens (tertiary/aromatic N) is 2. The third-order valence-corrected chi connectivity index (χ3v) is 1.76. The SMILES string of the molecule is c1cnc(C2CCN2)cn1. The van der Waals surface area contributed by atoms with E-state index in [4.69, 9.17) is 0 Å². The molecule has 2 rings (SSSR count). The smallest absolute Gasteiger partial charge is 0.0756 e. The van der Waals surface area contributed by atoms with E-state index < -0.39 is 0 Å². The number of hydrogen-bond donors (Lipinski definition) is 1. The molecule has 3 heteroatoms. The van der Waals surface area contributed by atoms with Gasteiger partial charge < -0.3 is 5.32 Å². The number of hydrogen-bond acceptors (Lipinski definition) is 3. The summed E-state index contributed by atoms with van der Waals surface area (Å²) in [7, 11) is 0. The molecule has 1 unspecified atom stereocenters. The first-order valence-corrected chi connectivity index (χ1v) is 3.46. The fraction of sp³-hybridized carbons (Fsp3) is 0.429. The molecule has 1 aromatic heterocycles. The van der Waals surface area contributed by atoms with E-state index in [0.717, 1.165) is 12.2 Å². The minimum Gasteiger partial charge on any atom is -0.308 e. The number of nitrogens with one attached hydrogen (secondary N) is 1. The summed E-state index contributed by atoms with van der Waals surface area (Å²) < 4.78 is 0. The summed E-state index contributed by atoms with van der Waals surface area (Å²) in [5.41, 5.74) is 1.06. The second kappa shape index (κ2) is 2.34. The van der Waals surface area contributed by atoms with Crippen molar-refractivity contribution in [1.29, 1.82) is 0 Å². The largest absolute Gasteiger partial charge is 0.308 e. The number of rotatable bonds is 1. The Morgan fingerprint density at radius 3 is 2.90 bits per heavy atom. The van der Waals surface area contributed by atoms with Crippen molar-refractivity contribution >= 4 is 0 Å². The Morgan fingerprint density at radius 2 is 2.40 bits per heavy atom. The molecule has 0 spiro atoms. The predicted molar refractivity (Wildman–Crippen MR) is 37.4 cm³/mol. The first-order chi connectivity index (χ1) is 4.97. The Labute approximate surface area is 59.5 Å². The molecule has 1 fully saturated rings. The first kappa shape index (κ1) is 5.80. The van der Waals surface area contributed by atoms with Crippen LogP contribution in [0.25, 0.3) is 0 Å². The molecule has 52 valence electrons. The highest BCUT2D eigenvalue weighted by Gasteiger charge is 2.18. The van der Waals surface area contributed by atoms with Crippen LogP contribution < -0.4 is 5.32 Å². The Morgan fingerprint density at radius 1 is 1.50 bits per heavy atom. The van der Waals surface area contributed by atoms with E-state index in [9.17, 15) is 0 Å². The van der Waals surface area contributed by atoms with Gasteiger partial charge in [-0.05, 0) is 13.0 Å². The van der Waals surface area contributed by atoms with Crippen LogP contribution in [0, 0.1) is 0 Å². The maximum atomic E-state index is 4.18. The van der Waals surface area contributed by atoms with Gasteiger partial charge in [0.05, 0.1) is 11.7 Å². The predicted octanol–water partition coefficient (Wildman–Crippen LogP) is 0.511. The zero-order valence-electron chi connectivity index (χ0n) is 5.62. The summed E-state index contributed by atoms with van der Waals surface area (Å²) in [5, 5.41) is 3.26. The molecule has 0 aromatic carbocycles. The summed E-state index contributed by atoms with van der Waals surface area (Å²) in [4.78, 5) is 8.16. The lowest BCUT2D eigenvalue weighted by Gasteiger charge is -2.26. The molecule has 0 aliphatic carbocycles. The van der Waals surface area contributed by atoms with Crippen LogP contribution in [0.3, 0.4) is 0 Å². The first-order valence-electron chi connectivity index (χ1n) is 3.46. The van der Waals surface area contributed by atoms with Gasteiger partial charge in [-0.1, -0.05) is 0 Å². The van der Waals surface area contributed by atoms with Gasteiger partial charge in [0, 0.05) is 18.6 Å². The van der Waals surface area contributed by atoms with E-state index in [-0.39, 0.29) is 0 Å². The topological polar surface area (TPSA) is 37.8 Å². The van der Waals surface area contributed by atoms with Gasteiger partial charge >= 0.3 is 0 Å². The second-order valence-corrected chi connectivity index (χ2v) is 2.43. The van der Waals surface area contributed by atoms with Crippen molar-refractivity contribution in [2.24, 2.45) is 0 Å². The molecule has 0 radical (unpaired) electrons. The summed E-state index contributed by atoms with van der Waals surface area (Å²) in [6, 6.07) is 0.466. The van der Waals surface area contributed by atoms with Crippen molar-refractivity contribution in [2.75, 3.05) is 6.54 Å². The minimum absolute atomic E-state index is 0.466. The van der Waals surface area contributed by atoms with Crippen LogP contribution in [0.2, 0.25) is 0 Å². The molecule has 1 saturated heterocycles. The average molecular weight is 135 g/mol. The van der Waals surface area contributed by atoms with Crippen molar-refractivity contribution in [3.05, 3.63) is 24.3 Å². The Hall–Kier alpha value is -0.960. The van der Waals surface area contributed by atoms with E-state index in [1.165, 1.54) is 6.42 Å². The molecule has 0 amide bonds. The molecule has 2 heterocycles. The lowest BCUT2D eigenvalue weighted by Crippen LogP contribution is -2.35. The van der Waals surface area contributed by atoms with Gasteiger partial charge in [-0.2, -0.15) is 0 Å². The summed E-state index contributed by atoms with van der Waals surface area (Å²) in [6.45, 7) is 1.11. The van der Waals surface area contributed by atoms with Crippen LogP contribution in [0.15, 0.2) is 18.6 Å². The lowest BCUT2D eigenvalue weighted by molar-refractivity contribution is 0.374. The Bertz CT molecular complexity index is 205. The van der Waals surface area contributed by atoms with E-state index in [0.29, 0.717) is 6.04 Å². The highest BCUT2D eigenvalue weighted by atomic mass is 15.0. The van der Waals surface area contributed by atoms with Crippen LogP contribution in [0.1, 0.15) is 18.2 Å². The highest BCUT2D eigenvalue weighted by Crippen LogP contribution is 2.18. The molecular formula is C7H9N3. The third kappa shape index (κ3) is 0.885. The molecule has 1 aliphatic heterocycles. The minimum atomic E-state index is 0.466. The van der Waals surface area contributed by atoms with Crippen molar-refractivity contribution in [3.8, 4) is 0 Å². The van der Waals surface area contributed by atoms with Crippen LogP contribution >= 0.6 is 0 Å². The monoisotopic (exact) mass is 135 g/mol. The quantitative estimate of drug-likeness (QED) is 0.609. The summed E-state index contributed by atoms with van der Waals surface area (Å²) in [6.07, 6.45) is 6.44. The molecule has 0 bridgehead atoms. The molecule has 1 aliphatic rings. The van der Waals surface area contributed by atoms with Crippen molar-refractivity contribution in [2.45, 2.75) is 12.5 Å². The molecular weight excluding hydrogens is 126 g/mol. The normalized spacial score (nSPS) is 23.8. The van der Waals surface area contributed by atoms with Gasteiger partial charge in [0.25, 0.3) is 0 Å². The second-order valence-electron chi connectivity index (χ2n) is 2.43. The van der Waals surface area contributed by atoms with Gasteiger partial charge in [0.2, 0.25) is 0 Å². The Balaban J connectivity index is 2.18. The van der Waals surface area contributed by atoms with E-state index in [1.807, 2.05) is 6.20 Å². The summed E-state index contributed by atoms with van der Waals surface area (Å²) in [5.74, 6) is 0. The van der Waals surface area contributed by atoms with Gasteiger partial charge in [-0.3, -0.25) is 9.97 Å². The molecule has 0 saturated carbocycles. The highest BCUT2D eigenvalue weighted by molar-refractivity contribution is 5.05. The van der Waals surface area contributed by atoms with E-state index >= 15 is 0 Å². The molecule has 1 aromatic rings. The molecule has 10 heavy (non-hydrogen) atoms. The fourth-order valence-corrected chi connectivity index (χ4v) is 1.03. The molecule has 1 atom stereocenters. The van der Waals surface area contributed by atoms with Gasteiger partial charge in [-0.25, -0.2) is 0 Å². The maximum Gasteiger partial charge on any atom is 0.0756 e. The number of aromatic nitrogens is 2. The zero-order chi connectivity index (χ0) is 6.81.